The first-order valence-corrected chi connectivity index (χ1v) is 8.29. The summed E-state index contributed by atoms with van der Waals surface area (Å²) in [4.78, 5) is 24.9. The minimum Gasteiger partial charge on any atom is -0.381 e. The number of carbonyl (C=O) groups is 1. The van der Waals surface area contributed by atoms with Gasteiger partial charge in [0.1, 0.15) is 11.4 Å². The fraction of sp³-hybridized carbons (Fsp3) is 0.588. The maximum absolute atomic E-state index is 13.8. The van der Waals surface area contributed by atoms with Crippen LogP contribution in [0.5, 0.6) is 0 Å². The summed E-state index contributed by atoms with van der Waals surface area (Å²) in [5.41, 5.74) is -0.409. The molecule has 6 nitrogen and oxygen atoms in total. The fourth-order valence-corrected chi connectivity index (χ4v) is 3.75. The Hall–Kier alpha value is -2.02. The lowest BCUT2D eigenvalue weighted by Gasteiger charge is -2.34. The van der Waals surface area contributed by atoms with Crippen LogP contribution >= 0.6 is 0 Å². The molecule has 130 valence electrons. The van der Waals surface area contributed by atoms with Crippen LogP contribution in [0.3, 0.4) is 0 Å². The summed E-state index contributed by atoms with van der Waals surface area (Å²) in [6.07, 6.45) is 2.79. The van der Waals surface area contributed by atoms with E-state index in [1.54, 1.807) is 4.90 Å². The molecule has 2 fully saturated rings. The van der Waals surface area contributed by atoms with Crippen LogP contribution in [0.2, 0.25) is 0 Å². The minimum absolute atomic E-state index is 0.0421. The molecule has 0 saturated carbocycles. The Morgan fingerprint density at radius 2 is 2.00 bits per heavy atom. The average Bonchev–Trinajstić information content (AvgIpc) is 3.11. The van der Waals surface area contributed by atoms with Gasteiger partial charge in [-0.05, 0) is 44.1 Å². The van der Waals surface area contributed by atoms with E-state index >= 15 is 0 Å². The molecular formula is C17H21FN2O4. The Kier molecular flexibility index (Phi) is 4.80. The maximum Gasteiger partial charge on any atom is 0.282 e. The molecule has 2 heterocycles. The second-order valence-corrected chi connectivity index (χ2v) is 6.58. The molecule has 7 heteroatoms. The van der Waals surface area contributed by atoms with Crippen LogP contribution in [0, 0.1) is 34.7 Å². The molecule has 0 aromatic heterocycles. The third-order valence-corrected chi connectivity index (χ3v) is 5.25. The molecular weight excluding hydrogens is 315 g/mol. The zero-order chi connectivity index (χ0) is 17.3. The van der Waals surface area contributed by atoms with Crippen LogP contribution in [0.1, 0.15) is 35.2 Å². The van der Waals surface area contributed by atoms with Crippen molar-refractivity contribution in [2.45, 2.75) is 26.2 Å². The van der Waals surface area contributed by atoms with Gasteiger partial charge in [-0.15, -0.1) is 0 Å². The number of carbonyl (C=O) groups excluding carboxylic acids is 1. The Balaban J connectivity index is 1.76. The van der Waals surface area contributed by atoms with Gasteiger partial charge < -0.3 is 9.64 Å². The number of hydrogen-bond donors (Lipinski definition) is 0. The number of piperidine rings is 1. The van der Waals surface area contributed by atoms with E-state index in [1.807, 2.05) is 0 Å². The van der Waals surface area contributed by atoms with Gasteiger partial charge in [0.2, 0.25) is 0 Å². The largest absolute Gasteiger partial charge is 0.381 e. The number of amides is 1. The molecule has 1 atom stereocenters. The molecule has 1 aromatic rings. The van der Waals surface area contributed by atoms with Gasteiger partial charge >= 0.3 is 0 Å². The van der Waals surface area contributed by atoms with Gasteiger partial charge in [-0.3, -0.25) is 14.9 Å². The molecule has 0 spiro atoms. The summed E-state index contributed by atoms with van der Waals surface area (Å²) in [7, 11) is 0. The van der Waals surface area contributed by atoms with Crippen molar-refractivity contribution in [3.05, 3.63) is 39.2 Å². The number of ether oxygens (including phenoxy) is 1. The van der Waals surface area contributed by atoms with Crippen LogP contribution in [0.25, 0.3) is 0 Å². The zero-order valence-corrected chi connectivity index (χ0v) is 13.7. The highest BCUT2D eigenvalue weighted by Crippen LogP contribution is 2.32. The van der Waals surface area contributed by atoms with E-state index in [0.717, 1.165) is 44.6 Å². The first-order valence-electron chi connectivity index (χ1n) is 8.29. The number of likely N-dealkylation sites (tertiary alicyclic amines) is 1. The van der Waals surface area contributed by atoms with Crippen molar-refractivity contribution in [3.8, 4) is 0 Å². The Labute approximate surface area is 139 Å². The highest BCUT2D eigenvalue weighted by atomic mass is 19.1. The zero-order valence-electron chi connectivity index (χ0n) is 13.7. The standard InChI is InChI=1S/C17H21FN2O4/c1-11-14(18)2-3-15(20(22)23)16(11)17(21)19-7-4-12(5-8-19)13-6-9-24-10-13/h2-3,12-13H,4-10H2,1H3. The first-order chi connectivity index (χ1) is 11.5. The van der Waals surface area contributed by atoms with E-state index in [9.17, 15) is 19.3 Å². The van der Waals surface area contributed by atoms with Gasteiger partial charge in [-0.1, -0.05) is 0 Å². The Morgan fingerprint density at radius 1 is 1.29 bits per heavy atom. The fourth-order valence-electron chi connectivity index (χ4n) is 3.75. The lowest BCUT2D eigenvalue weighted by atomic mass is 9.83. The summed E-state index contributed by atoms with van der Waals surface area (Å²) < 4.78 is 19.2. The SMILES string of the molecule is Cc1c(F)ccc([N+](=O)[O-])c1C(=O)N1CCC(C2CCOC2)CC1. The van der Waals surface area contributed by atoms with Crippen molar-refractivity contribution in [2.24, 2.45) is 11.8 Å². The third-order valence-electron chi connectivity index (χ3n) is 5.25. The molecule has 24 heavy (non-hydrogen) atoms. The lowest BCUT2D eigenvalue weighted by molar-refractivity contribution is -0.385. The van der Waals surface area contributed by atoms with Crippen molar-refractivity contribution in [2.75, 3.05) is 26.3 Å². The smallest absolute Gasteiger partial charge is 0.282 e. The maximum atomic E-state index is 13.8. The predicted molar refractivity (Wildman–Crippen MR) is 85.3 cm³/mol. The molecule has 1 aromatic carbocycles. The summed E-state index contributed by atoms with van der Waals surface area (Å²) in [6, 6.07) is 2.11. The minimum atomic E-state index is -0.623. The molecule has 0 radical (unpaired) electrons. The topological polar surface area (TPSA) is 72.7 Å². The number of nitro benzene ring substituents is 1. The molecule has 1 amide bonds. The molecule has 0 aliphatic carbocycles. The summed E-state index contributed by atoms with van der Waals surface area (Å²) in [6.45, 7) is 4.10. The van der Waals surface area contributed by atoms with Gasteiger partial charge in [0.25, 0.3) is 11.6 Å². The van der Waals surface area contributed by atoms with E-state index in [4.69, 9.17) is 4.74 Å². The summed E-state index contributed by atoms with van der Waals surface area (Å²) in [5.74, 6) is 0.0365. The van der Waals surface area contributed by atoms with Gasteiger partial charge in [0, 0.05) is 37.9 Å². The normalized spacial score (nSPS) is 21.9. The van der Waals surface area contributed by atoms with Crippen molar-refractivity contribution in [1.29, 1.82) is 0 Å². The average molecular weight is 336 g/mol. The van der Waals surface area contributed by atoms with E-state index < -0.39 is 16.6 Å². The van der Waals surface area contributed by atoms with E-state index in [1.165, 1.54) is 6.92 Å². The first kappa shape index (κ1) is 16.8. The molecule has 2 saturated heterocycles. The van der Waals surface area contributed by atoms with Gasteiger partial charge in [0.05, 0.1) is 4.92 Å². The Morgan fingerprint density at radius 3 is 2.58 bits per heavy atom. The quantitative estimate of drug-likeness (QED) is 0.628. The lowest BCUT2D eigenvalue weighted by Crippen LogP contribution is -2.40. The molecule has 0 bridgehead atoms. The Bertz CT molecular complexity index is 650. The van der Waals surface area contributed by atoms with Crippen molar-refractivity contribution < 1.29 is 18.8 Å². The molecule has 2 aliphatic rings. The van der Waals surface area contributed by atoms with Gasteiger partial charge in [-0.2, -0.15) is 0 Å². The van der Waals surface area contributed by atoms with Crippen LogP contribution in [-0.2, 0) is 4.74 Å². The highest BCUT2D eigenvalue weighted by molar-refractivity contribution is 5.99. The van der Waals surface area contributed by atoms with E-state index in [0.29, 0.717) is 24.9 Å². The third kappa shape index (κ3) is 3.13. The van der Waals surface area contributed by atoms with E-state index in [2.05, 4.69) is 0 Å². The molecule has 0 N–H and O–H groups in total. The summed E-state index contributed by atoms with van der Waals surface area (Å²) in [5, 5.41) is 11.2. The van der Waals surface area contributed by atoms with E-state index in [-0.39, 0.29) is 16.8 Å². The second-order valence-electron chi connectivity index (χ2n) is 6.58. The predicted octanol–water partition coefficient (Wildman–Crippen LogP) is 2.93. The number of benzene rings is 1. The van der Waals surface area contributed by atoms with Crippen molar-refractivity contribution in [1.82, 2.24) is 4.90 Å². The highest BCUT2D eigenvalue weighted by Gasteiger charge is 2.33. The van der Waals surface area contributed by atoms with Crippen LogP contribution in [0.4, 0.5) is 10.1 Å². The number of halogens is 1. The molecule has 3 rings (SSSR count). The monoisotopic (exact) mass is 336 g/mol. The number of nitro groups is 1. The van der Waals surface area contributed by atoms with Crippen LogP contribution in [0.15, 0.2) is 12.1 Å². The number of hydrogen-bond acceptors (Lipinski definition) is 4. The van der Waals surface area contributed by atoms with Crippen LogP contribution < -0.4 is 0 Å². The molecule has 2 aliphatic heterocycles. The van der Waals surface area contributed by atoms with Gasteiger partial charge in [0.15, 0.2) is 0 Å². The molecule has 1 unspecified atom stereocenters. The number of nitrogens with zero attached hydrogens (tertiary/aromatic N) is 2. The van der Waals surface area contributed by atoms with Crippen LogP contribution in [-0.4, -0.2) is 42.0 Å². The number of rotatable bonds is 3. The van der Waals surface area contributed by atoms with Crippen molar-refractivity contribution >= 4 is 11.6 Å². The second kappa shape index (κ2) is 6.84. The van der Waals surface area contributed by atoms with Crippen molar-refractivity contribution in [3.63, 3.8) is 0 Å². The van der Waals surface area contributed by atoms with Gasteiger partial charge in [-0.25, -0.2) is 4.39 Å². The summed E-state index contributed by atoms with van der Waals surface area (Å²) >= 11 is 0.